The molecule has 1 aromatic heterocycles. The lowest BCUT2D eigenvalue weighted by molar-refractivity contribution is 0.322. The van der Waals surface area contributed by atoms with Crippen LogP contribution in [0.3, 0.4) is 0 Å². The molecule has 2 aromatic rings. The van der Waals surface area contributed by atoms with E-state index < -0.39 is 10.0 Å². The minimum Gasteiger partial charge on any atom is -0.494 e. The van der Waals surface area contributed by atoms with Crippen LogP contribution in [-0.2, 0) is 10.0 Å². The van der Waals surface area contributed by atoms with Gasteiger partial charge in [-0.25, -0.2) is 18.1 Å². The number of ether oxygens (including phenoxy) is 2. The third-order valence-corrected chi connectivity index (χ3v) is 5.21. The summed E-state index contributed by atoms with van der Waals surface area (Å²) in [5.74, 6) is 1.91. The Morgan fingerprint density at radius 1 is 0.966 bits per heavy atom. The third kappa shape index (κ3) is 6.75. The Hall–Kier alpha value is -2.59. The molecule has 1 aromatic carbocycles. The average molecular weight is 424 g/mol. The highest BCUT2D eigenvalue weighted by molar-refractivity contribution is 7.89. The van der Waals surface area contributed by atoms with Gasteiger partial charge in [0.2, 0.25) is 16.0 Å². The van der Waals surface area contributed by atoms with E-state index in [0.717, 1.165) is 18.1 Å². The van der Waals surface area contributed by atoms with Crippen molar-refractivity contribution in [1.82, 2.24) is 14.7 Å². The van der Waals surface area contributed by atoms with E-state index in [9.17, 15) is 8.42 Å². The normalized spacial score (nSPS) is 11.2. The summed E-state index contributed by atoms with van der Waals surface area (Å²) >= 11 is 0. The molecule has 0 radical (unpaired) electrons. The largest absolute Gasteiger partial charge is 0.494 e. The number of sulfonamides is 1. The molecule has 1 heterocycles. The fourth-order valence-corrected chi connectivity index (χ4v) is 3.78. The van der Waals surface area contributed by atoms with Crippen LogP contribution in [0.1, 0.15) is 26.5 Å². The lowest BCUT2D eigenvalue weighted by Crippen LogP contribution is -2.29. The first-order valence-electron chi connectivity index (χ1n) is 9.62. The highest BCUT2D eigenvalue weighted by Gasteiger charge is 2.20. The van der Waals surface area contributed by atoms with Gasteiger partial charge in [0.25, 0.3) is 0 Å². The van der Waals surface area contributed by atoms with Crippen LogP contribution >= 0.6 is 0 Å². The molecule has 0 aliphatic carbocycles. The maximum absolute atomic E-state index is 12.8. The van der Waals surface area contributed by atoms with E-state index >= 15 is 0 Å². The summed E-state index contributed by atoms with van der Waals surface area (Å²) in [4.78, 5) is 8.69. The molecule has 0 atom stereocenters. The number of aromatic nitrogens is 2. The standard InChI is InChI=1S/C19H29N5O4S/c1-5-20-18-12-14(4)23-19(24-18)21-10-11-22-29(25,26)17-13-15(27-6-2)8-9-16(17)28-7-3/h8-9,12-13,22H,5-7,10-11H2,1-4H3,(H2,20,21,23,24). The molecular formula is C19H29N5O4S. The van der Waals surface area contributed by atoms with Gasteiger partial charge in [-0.1, -0.05) is 0 Å². The summed E-state index contributed by atoms with van der Waals surface area (Å²) in [7, 11) is -3.78. The summed E-state index contributed by atoms with van der Waals surface area (Å²) < 4.78 is 39.0. The predicted octanol–water partition coefficient (Wildman–Crippen LogP) is 2.40. The zero-order chi connectivity index (χ0) is 21.3. The Bertz CT molecular complexity index is 905. The number of hydrogen-bond donors (Lipinski definition) is 3. The summed E-state index contributed by atoms with van der Waals surface area (Å²) in [6.45, 7) is 9.51. The smallest absolute Gasteiger partial charge is 0.244 e. The second-order valence-corrected chi connectivity index (χ2v) is 7.78. The first-order valence-corrected chi connectivity index (χ1v) is 11.1. The van der Waals surface area contributed by atoms with Gasteiger partial charge in [0.1, 0.15) is 22.2 Å². The molecule has 10 heteroatoms. The van der Waals surface area contributed by atoms with Crippen molar-refractivity contribution in [1.29, 1.82) is 0 Å². The number of rotatable bonds is 12. The monoisotopic (exact) mass is 423 g/mol. The van der Waals surface area contributed by atoms with E-state index in [1.807, 2.05) is 26.8 Å². The quantitative estimate of drug-likeness (QED) is 0.446. The van der Waals surface area contributed by atoms with Crippen molar-refractivity contribution in [2.75, 3.05) is 43.5 Å². The Morgan fingerprint density at radius 2 is 1.72 bits per heavy atom. The second-order valence-electron chi connectivity index (χ2n) is 6.05. The van der Waals surface area contributed by atoms with Gasteiger partial charge in [-0.05, 0) is 39.8 Å². The number of anilines is 2. The molecule has 9 nitrogen and oxygen atoms in total. The number of nitrogens with zero attached hydrogens (tertiary/aromatic N) is 2. The molecule has 0 bridgehead atoms. The minimum absolute atomic E-state index is 0.0477. The lowest BCUT2D eigenvalue weighted by Gasteiger charge is -2.14. The molecule has 0 unspecified atom stereocenters. The van der Waals surface area contributed by atoms with Crippen LogP contribution < -0.4 is 24.8 Å². The van der Waals surface area contributed by atoms with E-state index in [4.69, 9.17) is 9.47 Å². The Labute approximate surface area is 172 Å². The zero-order valence-electron chi connectivity index (χ0n) is 17.3. The molecule has 2 rings (SSSR count). The van der Waals surface area contributed by atoms with Gasteiger partial charge < -0.3 is 20.1 Å². The van der Waals surface area contributed by atoms with Gasteiger partial charge in [-0.2, -0.15) is 4.98 Å². The average Bonchev–Trinajstić information content (AvgIpc) is 2.67. The number of nitrogens with one attached hydrogen (secondary N) is 3. The molecule has 0 aliphatic heterocycles. The molecule has 29 heavy (non-hydrogen) atoms. The highest BCUT2D eigenvalue weighted by Crippen LogP contribution is 2.28. The van der Waals surface area contributed by atoms with Crippen LogP contribution in [0.5, 0.6) is 11.5 Å². The molecule has 3 N–H and O–H groups in total. The molecule has 0 saturated carbocycles. The van der Waals surface area contributed by atoms with Gasteiger partial charge in [0.15, 0.2) is 0 Å². The molecular weight excluding hydrogens is 394 g/mol. The third-order valence-electron chi connectivity index (χ3n) is 3.73. The molecule has 0 fully saturated rings. The molecule has 0 amide bonds. The lowest BCUT2D eigenvalue weighted by atomic mass is 10.3. The summed E-state index contributed by atoms with van der Waals surface area (Å²) in [5.41, 5.74) is 0.813. The van der Waals surface area contributed by atoms with Crippen molar-refractivity contribution in [3.05, 3.63) is 30.0 Å². The van der Waals surface area contributed by atoms with E-state index in [-0.39, 0.29) is 17.2 Å². The van der Waals surface area contributed by atoms with E-state index in [1.165, 1.54) is 6.07 Å². The first kappa shape index (κ1) is 22.7. The molecule has 0 spiro atoms. The van der Waals surface area contributed by atoms with Gasteiger partial charge in [0.05, 0.1) is 13.2 Å². The van der Waals surface area contributed by atoms with Gasteiger partial charge in [-0.15, -0.1) is 0 Å². The maximum atomic E-state index is 12.8. The van der Waals surface area contributed by atoms with Crippen LogP contribution in [0, 0.1) is 6.92 Å². The fraction of sp³-hybridized carbons (Fsp3) is 0.474. The van der Waals surface area contributed by atoms with E-state index in [2.05, 4.69) is 25.3 Å². The van der Waals surface area contributed by atoms with Crippen molar-refractivity contribution >= 4 is 21.8 Å². The van der Waals surface area contributed by atoms with Crippen LogP contribution in [0.25, 0.3) is 0 Å². The predicted molar refractivity (Wildman–Crippen MR) is 113 cm³/mol. The van der Waals surface area contributed by atoms with Gasteiger partial charge >= 0.3 is 0 Å². The van der Waals surface area contributed by atoms with E-state index in [0.29, 0.717) is 31.5 Å². The Kier molecular flexibility index (Phi) is 8.47. The van der Waals surface area contributed by atoms with Crippen molar-refractivity contribution < 1.29 is 17.9 Å². The van der Waals surface area contributed by atoms with Crippen LogP contribution in [0.2, 0.25) is 0 Å². The molecule has 0 aliphatic rings. The number of benzene rings is 1. The van der Waals surface area contributed by atoms with Crippen molar-refractivity contribution in [3.63, 3.8) is 0 Å². The number of aryl methyl sites for hydroxylation is 1. The van der Waals surface area contributed by atoms with Crippen LogP contribution in [-0.4, -0.2) is 51.2 Å². The summed E-state index contributed by atoms with van der Waals surface area (Å²) in [6.07, 6.45) is 0. The van der Waals surface area contributed by atoms with Crippen LogP contribution in [0.4, 0.5) is 11.8 Å². The van der Waals surface area contributed by atoms with Gasteiger partial charge in [-0.3, -0.25) is 0 Å². The summed E-state index contributed by atoms with van der Waals surface area (Å²) in [6, 6.07) is 6.60. The van der Waals surface area contributed by atoms with E-state index in [1.54, 1.807) is 19.1 Å². The molecule has 0 saturated heterocycles. The van der Waals surface area contributed by atoms with Crippen molar-refractivity contribution in [2.45, 2.75) is 32.6 Å². The fourth-order valence-electron chi connectivity index (χ4n) is 2.59. The Morgan fingerprint density at radius 3 is 2.41 bits per heavy atom. The summed E-state index contributed by atoms with van der Waals surface area (Å²) in [5, 5.41) is 6.16. The minimum atomic E-state index is -3.78. The maximum Gasteiger partial charge on any atom is 0.244 e. The SMILES string of the molecule is CCNc1cc(C)nc(NCCNS(=O)(=O)c2cc(OCC)ccc2OCC)n1. The Balaban J connectivity index is 2.04. The van der Waals surface area contributed by atoms with Crippen molar-refractivity contribution in [3.8, 4) is 11.5 Å². The highest BCUT2D eigenvalue weighted by atomic mass is 32.2. The zero-order valence-corrected chi connectivity index (χ0v) is 18.1. The molecule has 160 valence electrons. The van der Waals surface area contributed by atoms with Gasteiger partial charge in [0, 0.05) is 37.5 Å². The first-order chi connectivity index (χ1) is 13.9. The number of hydrogen-bond acceptors (Lipinski definition) is 8. The van der Waals surface area contributed by atoms with Crippen LogP contribution in [0.15, 0.2) is 29.2 Å². The van der Waals surface area contributed by atoms with Crippen molar-refractivity contribution in [2.24, 2.45) is 0 Å². The topological polar surface area (TPSA) is 114 Å². The second kappa shape index (κ2) is 10.8.